The molecule has 0 N–H and O–H groups in total. The number of rotatable bonds is 5. The normalized spacial score (nSPS) is 14.8. The Bertz CT molecular complexity index is 1500. The molecular formula is C27H16Br2ClNO3S. The summed E-state index contributed by atoms with van der Waals surface area (Å²) in [5.41, 5.74) is 2.25. The Morgan fingerprint density at radius 1 is 0.886 bits per heavy atom. The van der Waals surface area contributed by atoms with Crippen LogP contribution in [0.1, 0.15) is 11.1 Å². The highest BCUT2D eigenvalue weighted by atomic mass is 79.9. The van der Waals surface area contributed by atoms with Gasteiger partial charge in [0.2, 0.25) is 0 Å². The van der Waals surface area contributed by atoms with E-state index < -0.39 is 0 Å². The first-order chi connectivity index (χ1) is 16.9. The molecule has 1 aliphatic heterocycles. The number of carbonyl (C=O) groups is 2. The van der Waals surface area contributed by atoms with Gasteiger partial charge in [-0.1, -0.05) is 54.1 Å². The fraction of sp³-hybridized carbons (Fsp3) is 0.0370. The van der Waals surface area contributed by atoms with Gasteiger partial charge in [0.25, 0.3) is 11.1 Å². The molecule has 0 spiro atoms. The lowest BCUT2D eigenvalue weighted by atomic mass is 10.1. The summed E-state index contributed by atoms with van der Waals surface area (Å²) in [4.78, 5) is 26.9. The number of hydrogen-bond acceptors (Lipinski definition) is 4. The first-order valence-corrected chi connectivity index (χ1v) is 13.3. The highest BCUT2D eigenvalue weighted by Gasteiger charge is 2.36. The van der Waals surface area contributed by atoms with Gasteiger partial charge >= 0.3 is 0 Å². The van der Waals surface area contributed by atoms with Gasteiger partial charge in [-0.05, 0) is 108 Å². The largest absolute Gasteiger partial charge is 0.487 e. The molecule has 4 aromatic rings. The molecule has 0 aliphatic carbocycles. The van der Waals surface area contributed by atoms with Gasteiger partial charge in [-0.15, -0.1) is 0 Å². The quantitative estimate of drug-likeness (QED) is 0.207. The maximum atomic E-state index is 12.9. The fourth-order valence-electron chi connectivity index (χ4n) is 3.74. The Labute approximate surface area is 228 Å². The van der Waals surface area contributed by atoms with E-state index in [1.54, 1.807) is 30.3 Å². The number of thioether (sulfide) groups is 1. The van der Waals surface area contributed by atoms with Crippen molar-refractivity contribution in [2.24, 2.45) is 0 Å². The van der Waals surface area contributed by atoms with Crippen molar-refractivity contribution >= 4 is 88.9 Å². The van der Waals surface area contributed by atoms with Crippen molar-refractivity contribution in [1.29, 1.82) is 0 Å². The van der Waals surface area contributed by atoms with Crippen LogP contribution in [-0.4, -0.2) is 11.1 Å². The monoisotopic (exact) mass is 627 g/mol. The van der Waals surface area contributed by atoms with Gasteiger partial charge in [0.05, 0.1) is 19.5 Å². The van der Waals surface area contributed by atoms with E-state index in [4.69, 9.17) is 16.3 Å². The van der Waals surface area contributed by atoms with E-state index in [1.807, 2.05) is 24.3 Å². The summed E-state index contributed by atoms with van der Waals surface area (Å²) < 4.78 is 7.55. The summed E-state index contributed by atoms with van der Waals surface area (Å²) in [6.45, 7) is 0.403. The summed E-state index contributed by atoms with van der Waals surface area (Å²) in [6.07, 6.45) is 1.69. The number of hydrogen-bond donors (Lipinski definition) is 0. The molecule has 0 bridgehead atoms. The molecule has 174 valence electrons. The third-order valence-corrected chi connectivity index (χ3v) is 7.66. The molecule has 1 aliphatic rings. The zero-order valence-corrected chi connectivity index (χ0v) is 22.7. The minimum absolute atomic E-state index is 0.332. The van der Waals surface area contributed by atoms with Crippen molar-refractivity contribution in [3.63, 3.8) is 0 Å². The lowest BCUT2D eigenvalue weighted by Crippen LogP contribution is -2.27. The summed E-state index contributed by atoms with van der Waals surface area (Å²) in [7, 11) is 0. The van der Waals surface area contributed by atoms with E-state index in [0.29, 0.717) is 28.0 Å². The molecule has 4 nitrogen and oxygen atoms in total. The molecule has 35 heavy (non-hydrogen) atoms. The molecule has 0 unspecified atom stereocenters. The molecule has 8 heteroatoms. The highest BCUT2D eigenvalue weighted by Crippen LogP contribution is 2.39. The second-order valence-electron chi connectivity index (χ2n) is 7.78. The minimum atomic E-state index is -0.383. The number of amides is 2. The molecule has 0 radical (unpaired) electrons. The van der Waals surface area contributed by atoms with Gasteiger partial charge in [0.1, 0.15) is 12.4 Å². The Balaban J connectivity index is 1.35. The molecule has 0 aromatic heterocycles. The van der Waals surface area contributed by atoms with Crippen LogP contribution >= 0.6 is 55.2 Å². The van der Waals surface area contributed by atoms with Gasteiger partial charge in [0, 0.05) is 5.02 Å². The number of nitrogens with zero attached hydrogens (tertiary/aromatic N) is 1. The smallest absolute Gasteiger partial charge is 0.298 e. The van der Waals surface area contributed by atoms with E-state index in [0.717, 1.165) is 42.1 Å². The average molecular weight is 630 g/mol. The van der Waals surface area contributed by atoms with E-state index in [1.165, 1.54) is 5.39 Å². The Morgan fingerprint density at radius 3 is 2.37 bits per heavy atom. The zero-order chi connectivity index (χ0) is 24.5. The van der Waals surface area contributed by atoms with Gasteiger partial charge in [-0.25, -0.2) is 4.90 Å². The Kier molecular flexibility index (Phi) is 7.02. The van der Waals surface area contributed by atoms with Crippen molar-refractivity contribution in [1.82, 2.24) is 0 Å². The second-order valence-corrected chi connectivity index (χ2v) is 10.9. The molecule has 1 heterocycles. The van der Waals surface area contributed by atoms with Gasteiger partial charge in [0.15, 0.2) is 0 Å². The van der Waals surface area contributed by atoms with Crippen LogP contribution in [0.3, 0.4) is 0 Å². The minimum Gasteiger partial charge on any atom is -0.487 e. The maximum absolute atomic E-state index is 12.9. The maximum Gasteiger partial charge on any atom is 0.298 e. The summed E-state index contributed by atoms with van der Waals surface area (Å²) in [6, 6.07) is 24.8. The first kappa shape index (κ1) is 24.1. The number of benzene rings is 4. The number of carbonyl (C=O) groups excluding carboxylic acids is 2. The van der Waals surface area contributed by atoms with Crippen LogP contribution in [0.2, 0.25) is 5.02 Å². The van der Waals surface area contributed by atoms with Gasteiger partial charge in [-0.2, -0.15) is 0 Å². The van der Waals surface area contributed by atoms with Crippen molar-refractivity contribution in [2.45, 2.75) is 6.61 Å². The number of fused-ring (bicyclic) bond motifs is 1. The molecule has 1 fully saturated rings. The predicted molar refractivity (Wildman–Crippen MR) is 150 cm³/mol. The van der Waals surface area contributed by atoms with Crippen LogP contribution in [0.15, 0.2) is 92.7 Å². The van der Waals surface area contributed by atoms with E-state index in [-0.39, 0.29) is 11.1 Å². The molecular weight excluding hydrogens is 614 g/mol. The van der Waals surface area contributed by atoms with Crippen LogP contribution in [0, 0.1) is 0 Å². The van der Waals surface area contributed by atoms with Crippen LogP contribution < -0.4 is 9.64 Å². The summed E-state index contributed by atoms with van der Waals surface area (Å²) in [5, 5.41) is 2.44. The molecule has 2 amide bonds. The van der Waals surface area contributed by atoms with Gasteiger partial charge < -0.3 is 4.74 Å². The predicted octanol–water partition coefficient (Wildman–Crippen LogP) is 8.84. The molecule has 0 atom stereocenters. The topological polar surface area (TPSA) is 46.6 Å². The highest BCUT2D eigenvalue weighted by molar-refractivity contribution is 9.11. The van der Waals surface area contributed by atoms with Crippen LogP contribution in [0.4, 0.5) is 10.5 Å². The average Bonchev–Trinajstić information content (AvgIpc) is 3.11. The lowest BCUT2D eigenvalue weighted by Gasteiger charge is -2.13. The van der Waals surface area contributed by atoms with E-state index in [9.17, 15) is 9.59 Å². The van der Waals surface area contributed by atoms with Crippen molar-refractivity contribution in [3.05, 3.63) is 109 Å². The van der Waals surface area contributed by atoms with E-state index in [2.05, 4.69) is 62.2 Å². The molecule has 0 saturated carbocycles. The lowest BCUT2D eigenvalue weighted by molar-refractivity contribution is -0.113. The third kappa shape index (κ3) is 5.19. The Hall–Kier alpha value is -2.58. The van der Waals surface area contributed by atoms with Crippen LogP contribution in [0.25, 0.3) is 16.8 Å². The number of ether oxygens (including phenoxy) is 1. The number of imide groups is 1. The van der Waals surface area contributed by atoms with Gasteiger partial charge in [-0.3, -0.25) is 9.59 Å². The molecule has 5 rings (SSSR count). The Morgan fingerprint density at radius 2 is 1.63 bits per heavy atom. The van der Waals surface area contributed by atoms with Crippen LogP contribution in [-0.2, 0) is 11.4 Å². The molecule has 4 aromatic carbocycles. The number of anilines is 1. The second kappa shape index (κ2) is 10.2. The third-order valence-electron chi connectivity index (χ3n) is 5.38. The van der Waals surface area contributed by atoms with Crippen molar-refractivity contribution in [3.8, 4) is 5.75 Å². The SMILES string of the molecule is O=C1S/C(=C/c2cc(Br)c(OCc3ccc4ccccc4c3)c(Br)c2)C(=O)N1c1cccc(Cl)c1. The van der Waals surface area contributed by atoms with Crippen molar-refractivity contribution in [2.75, 3.05) is 4.90 Å². The standard InChI is InChI=1S/C27H16Br2ClNO3S/c28-22-11-17(13-24-26(32)31(27(33)35-24)21-7-3-6-20(30)14-21)12-23(29)25(22)34-15-16-8-9-18-4-1-2-5-19(18)10-16/h1-14H,15H2/b24-13+. The fourth-order valence-corrected chi connectivity index (χ4v) is 6.22. The molecule has 1 saturated heterocycles. The van der Waals surface area contributed by atoms with Crippen molar-refractivity contribution < 1.29 is 14.3 Å². The van der Waals surface area contributed by atoms with E-state index >= 15 is 0 Å². The first-order valence-electron chi connectivity index (χ1n) is 10.5. The zero-order valence-electron chi connectivity index (χ0n) is 18.0. The number of halogens is 3. The summed E-state index contributed by atoms with van der Waals surface area (Å²) >= 11 is 14.1. The summed E-state index contributed by atoms with van der Waals surface area (Å²) in [5.74, 6) is 0.272. The van der Waals surface area contributed by atoms with Crippen LogP contribution in [0.5, 0.6) is 5.75 Å².